The number of thioether (sulfide) groups is 2. The summed E-state index contributed by atoms with van der Waals surface area (Å²) in [5, 5.41) is 19.3. The smallest absolute Gasteiger partial charge is 0.289 e. The number of H-pyrrole nitrogens is 1. The number of anilines is 2. The molecule has 0 saturated heterocycles. The fraction of sp³-hybridized carbons (Fsp3) is 0.263. The largest absolute Gasteiger partial charge is 0.311 e. The molecule has 6 nitrogen and oxygen atoms in total. The zero-order valence-corrected chi connectivity index (χ0v) is 16.4. The number of pyridine rings is 1. The topological polar surface area (TPSA) is 108 Å². The molecule has 1 aromatic heterocycles. The van der Waals surface area contributed by atoms with E-state index in [9.17, 15) is 10.1 Å². The van der Waals surface area contributed by atoms with Gasteiger partial charge in [-0.1, -0.05) is 30.8 Å². The molecule has 0 bridgehead atoms. The SMILES string of the molecule is C[C@@H]1CCN(C(=O)CSc2[nH+]c(N)c(C#N)cc2C#N)c2ccccc2S1. The van der Waals surface area contributed by atoms with Gasteiger partial charge in [0.1, 0.15) is 23.3 Å². The second-order valence-corrected chi connectivity index (χ2v) is 8.55. The molecule has 3 N–H and O–H groups in total. The first-order valence-corrected chi connectivity index (χ1v) is 10.2. The molecule has 1 amide bonds. The van der Waals surface area contributed by atoms with Crippen molar-refractivity contribution in [2.45, 2.75) is 28.5 Å². The van der Waals surface area contributed by atoms with Gasteiger partial charge in [0, 0.05) is 16.7 Å². The molecule has 1 atom stereocenters. The van der Waals surface area contributed by atoms with E-state index >= 15 is 0 Å². The van der Waals surface area contributed by atoms with Gasteiger partial charge in [0.15, 0.2) is 5.03 Å². The van der Waals surface area contributed by atoms with Crippen molar-refractivity contribution < 1.29 is 9.78 Å². The third-order valence-corrected chi connectivity index (χ3v) is 6.44. The van der Waals surface area contributed by atoms with Gasteiger partial charge in [0.05, 0.1) is 11.4 Å². The normalized spacial score (nSPS) is 16.0. The minimum Gasteiger partial charge on any atom is -0.311 e. The molecule has 0 unspecified atom stereocenters. The van der Waals surface area contributed by atoms with E-state index in [1.807, 2.05) is 41.3 Å². The molecule has 2 heterocycles. The molecule has 1 aliphatic rings. The Morgan fingerprint density at radius 3 is 2.85 bits per heavy atom. The Morgan fingerprint density at radius 1 is 1.37 bits per heavy atom. The van der Waals surface area contributed by atoms with Gasteiger partial charge in [0.25, 0.3) is 5.82 Å². The van der Waals surface area contributed by atoms with Gasteiger partial charge in [0.2, 0.25) is 5.91 Å². The lowest BCUT2D eigenvalue weighted by molar-refractivity contribution is -0.410. The summed E-state index contributed by atoms with van der Waals surface area (Å²) in [6, 6.07) is 13.4. The fourth-order valence-corrected chi connectivity index (χ4v) is 4.77. The first-order valence-electron chi connectivity index (χ1n) is 8.38. The highest BCUT2D eigenvalue weighted by Gasteiger charge is 2.25. The van der Waals surface area contributed by atoms with Crippen LogP contribution in [0.4, 0.5) is 11.5 Å². The number of benzene rings is 1. The van der Waals surface area contributed by atoms with E-state index in [0.29, 0.717) is 22.4 Å². The van der Waals surface area contributed by atoms with E-state index in [4.69, 9.17) is 11.0 Å². The lowest BCUT2D eigenvalue weighted by Crippen LogP contribution is -2.34. The van der Waals surface area contributed by atoms with Crippen LogP contribution in [0.3, 0.4) is 0 Å². The summed E-state index contributed by atoms with van der Waals surface area (Å²) in [6.45, 7) is 2.83. The minimum absolute atomic E-state index is 0.0256. The van der Waals surface area contributed by atoms with Crippen LogP contribution in [0.1, 0.15) is 24.5 Å². The lowest BCUT2D eigenvalue weighted by Gasteiger charge is -2.22. The number of nitrogen functional groups attached to an aromatic ring is 1. The number of para-hydroxylation sites is 1. The molecule has 2 aromatic rings. The Bertz CT molecular complexity index is 964. The van der Waals surface area contributed by atoms with Crippen LogP contribution in [-0.2, 0) is 4.79 Å². The van der Waals surface area contributed by atoms with E-state index in [1.165, 1.54) is 17.8 Å². The quantitative estimate of drug-likeness (QED) is 0.799. The molecule has 8 heteroatoms. The monoisotopic (exact) mass is 396 g/mol. The first-order chi connectivity index (χ1) is 13.0. The molecular formula is C19H18N5OS2+. The molecule has 3 rings (SSSR count). The number of rotatable bonds is 3. The Kier molecular flexibility index (Phi) is 5.90. The van der Waals surface area contributed by atoms with Crippen LogP contribution in [-0.4, -0.2) is 23.5 Å². The molecule has 136 valence electrons. The minimum atomic E-state index is -0.0256. The van der Waals surface area contributed by atoms with Crippen molar-refractivity contribution in [1.29, 1.82) is 10.5 Å². The van der Waals surface area contributed by atoms with Crippen LogP contribution in [0.5, 0.6) is 0 Å². The summed E-state index contributed by atoms with van der Waals surface area (Å²) in [6.07, 6.45) is 0.912. The average Bonchev–Trinajstić information content (AvgIpc) is 2.84. The summed E-state index contributed by atoms with van der Waals surface area (Å²) < 4.78 is 0. The van der Waals surface area contributed by atoms with Crippen LogP contribution in [0.15, 0.2) is 40.3 Å². The number of nitrogens with zero attached hydrogens (tertiary/aromatic N) is 3. The highest BCUT2D eigenvalue weighted by Crippen LogP contribution is 2.37. The van der Waals surface area contributed by atoms with Crippen molar-refractivity contribution in [2.75, 3.05) is 22.9 Å². The van der Waals surface area contributed by atoms with Crippen molar-refractivity contribution in [2.24, 2.45) is 0 Å². The zero-order valence-electron chi connectivity index (χ0n) is 14.7. The van der Waals surface area contributed by atoms with Crippen LogP contribution >= 0.6 is 23.5 Å². The highest BCUT2D eigenvalue weighted by atomic mass is 32.2. The molecule has 27 heavy (non-hydrogen) atoms. The number of nitriles is 2. The Balaban J connectivity index is 1.80. The van der Waals surface area contributed by atoms with E-state index < -0.39 is 0 Å². The van der Waals surface area contributed by atoms with E-state index in [-0.39, 0.29) is 23.0 Å². The lowest BCUT2D eigenvalue weighted by atomic mass is 10.2. The molecule has 1 aromatic carbocycles. The Hall–Kier alpha value is -2.68. The zero-order chi connectivity index (χ0) is 19.4. The van der Waals surface area contributed by atoms with Crippen molar-refractivity contribution in [3.05, 3.63) is 41.5 Å². The van der Waals surface area contributed by atoms with Gasteiger partial charge in [-0.25, -0.2) is 4.98 Å². The fourth-order valence-electron chi connectivity index (χ4n) is 2.79. The number of amides is 1. The van der Waals surface area contributed by atoms with Gasteiger partial charge < -0.3 is 4.90 Å². The molecule has 0 fully saturated rings. The van der Waals surface area contributed by atoms with Crippen molar-refractivity contribution in [3.8, 4) is 12.1 Å². The Labute approximate surface area is 166 Å². The molecule has 0 spiro atoms. The number of carbonyl (C=O) groups excluding carboxylic acids is 1. The van der Waals surface area contributed by atoms with Gasteiger partial charge in [-0.3, -0.25) is 10.5 Å². The maximum absolute atomic E-state index is 12.9. The number of hydrogen-bond acceptors (Lipinski definition) is 6. The predicted molar refractivity (Wildman–Crippen MR) is 106 cm³/mol. The maximum Gasteiger partial charge on any atom is 0.289 e. The van der Waals surface area contributed by atoms with Crippen LogP contribution in [0.2, 0.25) is 0 Å². The number of nitrogens with two attached hydrogens (primary N) is 1. The second-order valence-electron chi connectivity index (χ2n) is 6.08. The second kappa shape index (κ2) is 8.34. The summed E-state index contributed by atoms with van der Waals surface area (Å²) >= 11 is 3.01. The predicted octanol–water partition coefficient (Wildman–Crippen LogP) is 2.84. The number of aromatic nitrogens is 1. The van der Waals surface area contributed by atoms with Gasteiger partial charge in [-0.2, -0.15) is 10.5 Å². The van der Waals surface area contributed by atoms with Gasteiger partial charge >= 0.3 is 0 Å². The average molecular weight is 397 g/mol. The van der Waals surface area contributed by atoms with Crippen LogP contribution in [0.25, 0.3) is 0 Å². The van der Waals surface area contributed by atoms with Crippen molar-refractivity contribution in [3.63, 3.8) is 0 Å². The number of fused-ring (bicyclic) bond motifs is 1. The van der Waals surface area contributed by atoms with Gasteiger partial charge in [-0.05, 0) is 24.6 Å². The summed E-state index contributed by atoms with van der Waals surface area (Å²) in [5.41, 5.74) is 7.26. The molecule has 1 aliphatic heterocycles. The number of aromatic amines is 1. The summed E-state index contributed by atoms with van der Waals surface area (Å²) in [7, 11) is 0. The number of hydrogen-bond donors (Lipinski definition) is 1. The number of nitrogens with one attached hydrogen (secondary N) is 1. The molecule has 0 aliphatic carbocycles. The standard InChI is InChI=1S/C19H17N5OS2/c1-12-6-7-24(15-4-2-3-5-16(15)27-12)17(25)11-26-19-14(10-21)8-13(9-20)18(22)23-19/h2-5,8,12H,6-7,11H2,1H3,(H2,22,23)/p+1/t12-/m1/s1. The number of carbonyl (C=O) groups is 1. The molecule has 0 saturated carbocycles. The summed E-state index contributed by atoms with van der Waals surface area (Å²) in [4.78, 5) is 18.7. The third kappa shape index (κ3) is 4.19. The third-order valence-electron chi connectivity index (χ3n) is 4.20. The van der Waals surface area contributed by atoms with Gasteiger partial charge in [-0.15, -0.1) is 11.8 Å². The Morgan fingerprint density at radius 2 is 2.11 bits per heavy atom. The van der Waals surface area contributed by atoms with Crippen molar-refractivity contribution in [1.82, 2.24) is 0 Å². The first kappa shape index (κ1) is 19.1. The van der Waals surface area contributed by atoms with Crippen molar-refractivity contribution >= 4 is 40.9 Å². The van der Waals surface area contributed by atoms with E-state index in [0.717, 1.165) is 17.0 Å². The van der Waals surface area contributed by atoms with Crippen LogP contribution in [0, 0.1) is 22.7 Å². The maximum atomic E-state index is 12.9. The summed E-state index contributed by atoms with van der Waals surface area (Å²) in [5.74, 6) is 0.336. The molecular weight excluding hydrogens is 378 g/mol. The molecule has 0 radical (unpaired) electrons. The van der Waals surface area contributed by atoms with E-state index in [2.05, 4.69) is 11.9 Å². The van der Waals surface area contributed by atoms with Crippen LogP contribution < -0.4 is 15.6 Å². The van der Waals surface area contributed by atoms with E-state index in [1.54, 1.807) is 11.8 Å². The highest BCUT2D eigenvalue weighted by molar-refractivity contribution is 8.00.